The molecule has 0 aromatic heterocycles. The molecule has 0 aliphatic carbocycles. The maximum atomic E-state index is 3.48. The summed E-state index contributed by atoms with van der Waals surface area (Å²) in [6.45, 7) is 3.58. The number of rotatable bonds is 5. The third kappa shape index (κ3) is 4.14. The van der Waals surface area contributed by atoms with E-state index in [1.807, 2.05) is 0 Å². The van der Waals surface area contributed by atoms with E-state index in [1.54, 1.807) is 0 Å². The normalized spacial score (nSPS) is 20.7. The fraction of sp³-hybridized carbons (Fsp3) is 0.600. The molecule has 0 radical (unpaired) electrons. The number of nitrogens with zero attached hydrogens (tertiary/aromatic N) is 1. The van der Waals surface area contributed by atoms with Crippen molar-refractivity contribution >= 4 is 0 Å². The molecule has 1 unspecified atom stereocenters. The fourth-order valence-electron chi connectivity index (χ4n) is 2.57. The van der Waals surface area contributed by atoms with Crippen molar-refractivity contribution in [2.75, 3.05) is 26.7 Å². The van der Waals surface area contributed by atoms with Crippen LogP contribution >= 0.6 is 0 Å². The van der Waals surface area contributed by atoms with Gasteiger partial charge in [-0.05, 0) is 51.4 Å². The van der Waals surface area contributed by atoms with Crippen molar-refractivity contribution in [3.8, 4) is 0 Å². The first-order valence-corrected chi connectivity index (χ1v) is 6.81. The minimum absolute atomic E-state index is 0.750. The maximum absolute atomic E-state index is 3.48. The Labute approximate surface area is 105 Å². The van der Waals surface area contributed by atoms with Gasteiger partial charge in [-0.15, -0.1) is 0 Å². The molecular weight excluding hydrogens is 208 g/mol. The van der Waals surface area contributed by atoms with Crippen LogP contribution in [0.4, 0.5) is 0 Å². The molecule has 1 aromatic rings. The summed E-state index contributed by atoms with van der Waals surface area (Å²) in [4.78, 5) is 2.52. The summed E-state index contributed by atoms with van der Waals surface area (Å²) in [6.07, 6.45) is 5.14. The van der Waals surface area contributed by atoms with Crippen LogP contribution in [0.1, 0.15) is 24.8 Å². The molecule has 1 aliphatic heterocycles. The Hall–Kier alpha value is -0.860. The van der Waals surface area contributed by atoms with E-state index < -0.39 is 0 Å². The standard InChI is InChI=1S/C15H24N2/c1-17(15-10-5-11-16-13-15)12-6-9-14-7-3-2-4-8-14/h2-4,7-8,15-16H,5-6,9-13H2,1H3. The molecule has 2 heteroatoms. The molecule has 1 N–H and O–H groups in total. The second-order valence-corrected chi connectivity index (χ2v) is 5.07. The average Bonchev–Trinajstić information content (AvgIpc) is 2.41. The van der Waals surface area contributed by atoms with Crippen molar-refractivity contribution in [1.29, 1.82) is 0 Å². The lowest BCUT2D eigenvalue weighted by molar-refractivity contribution is 0.201. The first-order chi connectivity index (χ1) is 8.36. The summed E-state index contributed by atoms with van der Waals surface area (Å²) < 4.78 is 0. The molecule has 2 nitrogen and oxygen atoms in total. The molecule has 0 spiro atoms. The van der Waals surface area contributed by atoms with Crippen LogP contribution in [-0.2, 0) is 6.42 Å². The van der Waals surface area contributed by atoms with Gasteiger partial charge in [0.25, 0.3) is 0 Å². The summed E-state index contributed by atoms with van der Waals surface area (Å²) in [7, 11) is 2.27. The van der Waals surface area contributed by atoms with Crippen molar-refractivity contribution in [2.24, 2.45) is 0 Å². The topological polar surface area (TPSA) is 15.3 Å². The van der Waals surface area contributed by atoms with Gasteiger partial charge in [0.05, 0.1) is 0 Å². The third-order valence-electron chi connectivity index (χ3n) is 3.71. The van der Waals surface area contributed by atoms with Gasteiger partial charge in [0.2, 0.25) is 0 Å². The lowest BCUT2D eigenvalue weighted by Gasteiger charge is -2.31. The summed E-state index contributed by atoms with van der Waals surface area (Å²) >= 11 is 0. The summed E-state index contributed by atoms with van der Waals surface area (Å²) in [5.41, 5.74) is 1.46. The number of benzene rings is 1. The van der Waals surface area contributed by atoms with Crippen molar-refractivity contribution in [3.05, 3.63) is 35.9 Å². The molecule has 2 rings (SSSR count). The molecule has 0 saturated carbocycles. The van der Waals surface area contributed by atoms with Crippen LogP contribution < -0.4 is 5.32 Å². The minimum atomic E-state index is 0.750. The Morgan fingerprint density at radius 1 is 1.29 bits per heavy atom. The minimum Gasteiger partial charge on any atom is -0.315 e. The Balaban J connectivity index is 1.67. The zero-order valence-corrected chi connectivity index (χ0v) is 10.9. The second-order valence-electron chi connectivity index (χ2n) is 5.07. The van der Waals surface area contributed by atoms with E-state index in [2.05, 4.69) is 47.6 Å². The maximum Gasteiger partial charge on any atom is 0.0218 e. The molecular formula is C15H24N2. The van der Waals surface area contributed by atoms with E-state index >= 15 is 0 Å². The highest BCUT2D eigenvalue weighted by Gasteiger charge is 2.16. The molecule has 0 bridgehead atoms. The van der Waals surface area contributed by atoms with Crippen molar-refractivity contribution < 1.29 is 0 Å². The lowest BCUT2D eigenvalue weighted by Crippen LogP contribution is -2.44. The van der Waals surface area contributed by atoms with Crippen LogP contribution in [0.3, 0.4) is 0 Å². The number of aryl methyl sites for hydroxylation is 1. The fourth-order valence-corrected chi connectivity index (χ4v) is 2.57. The van der Waals surface area contributed by atoms with Gasteiger partial charge in [-0.2, -0.15) is 0 Å². The molecule has 1 heterocycles. The van der Waals surface area contributed by atoms with Gasteiger partial charge in [0.15, 0.2) is 0 Å². The lowest BCUT2D eigenvalue weighted by atomic mass is 10.1. The molecule has 1 fully saturated rings. The van der Waals surface area contributed by atoms with E-state index in [9.17, 15) is 0 Å². The quantitative estimate of drug-likeness (QED) is 0.838. The van der Waals surface area contributed by atoms with Crippen LogP contribution in [0.15, 0.2) is 30.3 Å². The largest absolute Gasteiger partial charge is 0.315 e. The highest BCUT2D eigenvalue weighted by atomic mass is 15.2. The van der Waals surface area contributed by atoms with Crippen LogP contribution in [0.2, 0.25) is 0 Å². The zero-order chi connectivity index (χ0) is 11.9. The highest BCUT2D eigenvalue weighted by Crippen LogP contribution is 2.10. The Morgan fingerprint density at radius 3 is 2.82 bits per heavy atom. The summed E-state index contributed by atoms with van der Waals surface area (Å²) in [6, 6.07) is 11.5. The van der Waals surface area contributed by atoms with Gasteiger partial charge in [-0.1, -0.05) is 30.3 Å². The third-order valence-corrected chi connectivity index (χ3v) is 3.71. The Bertz CT molecular complexity index is 304. The predicted molar refractivity (Wildman–Crippen MR) is 73.3 cm³/mol. The van der Waals surface area contributed by atoms with Crippen LogP contribution in [0, 0.1) is 0 Å². The number of hydrogen-bond donors (Lipinski definition) is 1. The van der Waals surface area contributed by atoms with Crippen molar-refractivity contribution in [3.63, 3.8) is 0 Å². The van der Waals surface area contributed by atoms with Gasteiger partial charge in [-0.3, -0.25) is 0 Å². The number of likely N-dealkylation sites (N-methyl/N-ethyl adjacent to an activating group) is 1. The molecule has 0 amide bonds. The van der Waals surface area contributed by atoms with Crippen LogP contribution in [0.25, 0.3) is 0 Å². The first-order valence-electron chi connectivity index (χ1n) is 6.81. The molecule has 1 aromatic carbocycles. The number of piperidine rings is 1. The summed E-state index contributed by atoms with van der Waals surface area (Å²) in [5.74, 6) is 0. The van der Waals surface area contributed by atoms with E-state index in [0.717, 1.165) is 6.04 Å². The second kappa shape index (κ2) is 6.77. The van der Waals surface area contributed by atoms with E-state index in [0.29, 0.717) is 0 Å². The van der Waals surface area contributed by atoms with E-state index in [-0.39, 0.29) is 0 Å². The molecule has 94 valence electrons. The number of hydrogen-bond acceptors (Lipinski definition) is 2. The van der Waals surface area contributed by atoms with Gasteiger partial charge in [0.1, 0.15) is 0 Å². The van der Waals surface area contributed by atoms with Gasteiger partial charge in [-0.25, -0.2) is 0 Å². The molecule has 17 heavy (non-hydrogen) atoms. The summed E-state index contributed by atoms with van der Waals surface area (Å²) in [5, 5.41) is 3.48. The molecule has 1 atom stereocenters. The monoisotopic (exact) mass is 232 g/mol. The SMILES string of the molecule is CN(CCCc1ccccc1)C1CCCNC1. The zero-order valence-electron chi connectivity index (χ0n) is 10.9. The highest BCUT2D eigenvalue weighted by molar-refractivity contribution is 5.14. The predicted octanol–water partition coefficient (Wildman–Crippen LogP) is 2.30. The van der Waals surface area contributed by atoms with Crippen molar-refractivity contribution in [2.45, 2.75) is 31.7 Å². The first kappa shape index (κ1) is 12.6. The average molecular weight is 232 g/mol. The number of nitrogens with one attached hydrogen (secondary N) is 1. The van der Waals surface area contributed by atoms with Gasteiger partial charge < -0.3 is 10.2 Å². The Morgan fingerprint density at radius 2 is 2.12 bits per heavy atom. The van der Waals surface area contributed by atoms with E-state index in [1.165, 1.54) is 50.9 Å². The molecule has 1 saturated heterocycles. The van der Waals surface area contributed by atoms with E-state index in [4.69, 9.17) is 0 Å². The van der Waals surface area contributed by atoms with Crippen molar-refractivity contribution in [1.82, 2.24) is 10.2 Å². The van der Waals surface area contributed by atoms with Crippen LogP contribution in [-0.4, -0.2) is 37.6 Å². The Kier molecular flexibility index (Phi) is 5.02. The molecule has 1 aliphatic rings. The smallest absolute Gasteiger partial charge is 0.0218 e. The van der Waals surface area contributed by atoms with Gasteiger partial charge >= 0.3 is 0 Å². The van der Waals surface area contributed by atoms with Gasteiger partial charge in [0, 0.05) is 12.6 Å². The van der Waals surface area contributed by atoms with Crippen LogP contribution in [0.5, 0.6) is 0 Å².